The lowest BCUT2D eigenvalue weighted by Gasteiger charge is -2.06. The molecule has 0 saturated carbocycles. The summed E-state index contributed by atoms with van der Waals surface area (Å²) < 4.78 is 11.2. The minimum Gasteiger partial charge on any atom is -0.489 e. The predicted octanol–water partition coefficient (Wildman–Crippen LogP) is 3.36. The van der Waals surface area contributed by atoms with Crippen molar-refractivity contribution in [2.75, 3.05) is 6.54 Å². The van der Waals surface area contributed by atoms with E-state index in [2.05, 4.69) is 12.2 Å². The molecule has 0 fully saturated rings. The number of nitrogens with one attached hydrogen (secondary N) is 1. The summed E-state index contributed by atoms with van der Waals surface area (Å²) >= 11 is 0. The molecule has 0 saturated heterocycles. The zero-order chi connectivity index (χ0) is 12.6. The number of benzene rings is 1. The molecule has 1 heterocycles. The molecular weight excluding hydrogens is 226 g/mol. The quantitative estimate of drug-likeness (QED) is 0.759. The highest BCUT2D eigenvalue weighted by atomic mass is 16.5. The summed E-state index contributed by atoms with van der Waals surface area (Å²) in [7, 11) is 0. The van der Waals surface area contributed by atoms with Crippen LogP contribution in [0.4, 0.5) is 0 Å². The van der Waals surface area contributed by atoms with E-state index in [4.69, 9.17) is 9.15 Å². The third kappa shape index (κ3) is 3.64. The molecule has 0 bridgehead atoms. The Morgan fingerprint density at radius 3 is 2.78 bits per heavy atom. The van der Waals surface area contributed by atoms with Crippen LogP contribution in [-0.4, -0.2) is 6.54 Å². The average molecular weight is 245 g/mol. The van der Waals surface area contributed by atoms with Gasteiger partial charge in [-0.2, -0.15) is 0 Å². The topological polar surface area (TPSA) is 34.4 Å². The van der Waals surface area contributed by atoms with Crippen LogP contribution < -0.4 is 10.1 Å². The molecule has 1 aromatic heterocycles. The van der Waals surface area contributed by atoms with E-state index in [1.165, 1.54) is 0 Å². The van der Waals surface area contributed by atoms with E-state index in [9.17, 15) is 0 Å². The third-order valence-corrected chi connectivity index (χ3v) is 2.69. The summed E-state index contributed by atoms with van der Waals surface area (Å²) in [6, 6.07) is 11.8. The third-order valence-electron chi connectivity index (χ3n) is 2.69. The van der Waals surface area contributed by atoms with Gasteiger partial charge in [0.05, 0.1) is 12.8 Å². The largest absolute Gasteiger partial charge is 0.489 e. The fourth-order valence-corrected chi connectivity index (χ4v) is 1.71. The van der Waals surface area contributed by atoms with Crippen LogP contribution in [0.5, 0.6) is 5.75 Å². The van der Waals surface area contributed by atoms with Crippen molar-refractivity contribution in [3.8, 4) is 5.75 Å². The lowest BCUT2D eigenvalue weighted by molar-refractivity contribution is 0.301. The summed E-state index contributed by atoms with van der Waals surface area (Å²) in [5, 5.41) is 3.33. The van der Waals surface area contributed by atoms with Crippen molar-refractivity contribution < 1.29 is 9.15 Å². The van der Waals surface area contributed by atoms with Crippen LogP contribution >= 0.6 is 0 Å². The molecule has 3 heteroatoms. The number of para-hydroxylation sites is 1. The van der Waals surface area contributed by atoms with Gasteiger partial charge in [0.1, 0.15) is 18.1 Å². The van der Waals surface area contributed by atoms with Gasteiger partial charge in [0.15, 0.2) is 0 Å². The fraction of sp³-hybridized carbons (Fsp3) is 0.333. The highest BCUT2D eigenvalue weighted by molar-refractivity contribution is 5.23. The van der Waals surface area contributed by atoms with Crippen molar-refractivity contribution >= 4 is 0 Å². The zero-order valence-corrected chi connectivity index (χ0v) is 10.7. The summed E-state index contributed by atoms with van der Waals surface area (Å²) in [6.45, 7) is 4.45. The second kappa shape index (κ2) is 6.87. The van der Waals surface area contributed by atoms with Crippen LogP contribution in [0.25, 0.3) is 0 Å². The lowest BCUT2D eigenvalue weighted by atomic mass is 10.2. The Hall–Kier alpha value is -1.74. The smallest absolute Gasteiger partial charge is 0.124 e. The van der Waals surface area contributed by atoms with Gasteiger partial charge in [0, 0.05) is 5.56 Å². The summed E-state index contributed by atoms with van der Waals surface area (Å²) in [4.78, 5) is 0. The number of furan rings is 1. The van der Waals surface area contributed by atoms with Crippen LogP contribution in [0, 0.1) is 0 Å². The van der Waals surface area contributed by atoms with E-state index >= 15 is 0 Å². The van der Waals surface area contributed by atoms with E-state index in [-0.39, 0.29) is 0 Å². The van der Waals surface area contributed by atoms with Gasteiger partial charge in [-0.25, -0.2) is 0 Å². The monoisotopic (exact) mass is 245 g/mol. The highest BCUT2D eigenvalue weighted by Crippen LogP contribution is 2.15. The molecule has 1 aromatic carbocycles. The molecule has 0 atom stereocenters. The van der Waals surface area contributed by atoms with Crippen molar-refractivity contribution in [2.24, 2.45) is 0 Å². The molecular formula is C15H19NO2. The molecule has 1 N–H and O–H groups in total. The second-order valence-electron chi connectivity index (χ2n) is 4.15. The Morgan fingerprint density at radius 2 is 2.00 bits per heavy atom. The Labute approximate surface area is 108 Å². The standard InChI is InChI=1S/C15H19NO2/c1-2-9-16-11-15-13(8-10-17-15)12-18-14-6-4-3-5-7-14/h3-8,10,16H,2,9,11-12H2,1H3. The van der Waals surface area contributed by atoms with Gasteiger partial charge in [0.2, 0.25) is 0 Å². The van der Waals surface area contributed by atoms with Crippen LogP contribution in [0.2, 0.25) is 0 Å². The number of rotatable bonds is 7. The fourth-order valence-electron chi connectivity index (χ4n) is 1.71. The van der Waals surface area contributed by atoms with Crippen LogP contribution in [-0.2, 0) is 13.2 Å². The molecule has 0 aliphatic carbocycles. The maximum atomic E-state index is 5.71. The first-order valence-corrected chi connectivity index (χ1v) is 6.34. The Balaban J connectivity index is 1.87. The van der Waals surface area contributed by atoms with Gasteiger partial charge < -0.3 is 14.5 Å². The number of hydrogen-bond donors (Lipinski definition) is 1. The maximum absolute atomic E-state index is 5.71. The van der Waals surface area contributed by atoms with Gasteiger partial charge in [-0.05, 0) is 31.2 Å². The number of hydrogen-bond acceptors (Lipinski definition) is 3. The van der Waals surface area contributed by atoms with E-state index in [0.29, 0.717) is 6.61 Å². The second-order valence-corrected chi connectivity index (χ2v) is 4.15. The van der Waals surface area contributed by atoms with E-state index in [1.54, 1.807) is 6.26 Å². The van der Waals surface area contributed by atoms with Crippen molar-refractivity contribution in [1.29, 1.82) is 0 Å². The van der Waals surface area contributed by atoms with Crippen LogP contribution in [0.15, 0.2) is 47.1 Å². The summed E-state index contributed by atoms with van der Waals surface area (Å²) in [5.74, 6) is 1.84. The molecule has 2 aromatic rings. The van der Waals surface area contributed by atoms with E-state index < -0.39 is 0 Å². The molecule has 0 spiro atoms. The average Bonchev–Trinajstić information content (AvgIpc) is 2.86. The van der Waals surface area contributed by atoms with Crippen LogP contribution in [0.1, 0.15) is 24.7 Å². The lowest BCUT2D eigenvalue weighted by Crippen LogP contribution is -2.14. The number of ether oxygens (including phenoxy) is 1. The van der Waals surface area contributed by atoms with Crippen molar-refractivity contribution in [3.05, 3.63) is 54.0 Å². The van der Waals surface area contributed by atoms with Gasteiger partial charge in [-0.3, -0.25) is 0 Å². The Kier molecular flexibility index (Phi) is 4.85. The molecule has 0 aliphatic heterocycles. The van der Waals surface area contributed by atoms with Crippen LogP contribution in [0.3, 0.4) is 0 Å². The normalized spacial score (nSPS) is 10.5. The maximum Gasteiger partial charge on any atom is 0.124 e. The van der Waals surface area contributed by atoms with Crippen molar-refractivity contribution in [2.45, 2.75) is 26.5 Å². The van der Waals surface area contributed by atoms with Crippen molar-refractivity contribution in [3.63, 3.8) is 0 Å². The molecule has 0 unspecified atom stereocenters. The Bertz CT molecular complexity index is 451. The SMILES string of the molecule is CCCNCc1occc1COc1ccccc1. The first-order chi connectivity index (χ1) is 8.90. The Morgan fingerprint density at radius 1 is 1.17 bits per heavy atom. The first kappa shape index (κ1) is 12.7. The minimum atomic E-state index is 0.545. The van der Waals surface area contributed by atoms with Gasteiger partial charge in [-0.15, -0.1) is 0 Å². The molecule has 96 valence electrons. The highest BCUT2D eigenvalue weighted by Gasteiger charge is 2.06. The molecule has 3 nitrogen and oxygen atoms in total. The van der Waals surface area contributed by atoms with Crippen molar-refractivity contribution in [1.82, 2.24) is 5.32 Å². The molecule has 0 radical (unpaired) electrons. The molecule has 2 rings (SSSR count). The molecule has 18 heavy (non-hydrogen) atoms. The summed E-state index contributed by atoms with van der Waals surface area (Å²) in [6.07, 6.45) is 2.84. The predicted molar refractivity (Wildman–Crippen MR) is 71.5 cm³/mol. The van der Waals surface area contributed by atoms with E-state index in [0.717, 1.165) is 36.6 Å². The van der Waals surface area contributed by atoms with Gasteiger partial charge in [0.25, 0.3) is 0 Å². The zero-order valence-electron chi connectivity index (χ0n) is 10.7. The molecule has 0 amide bonds. The molecule has 0 aliphatic rings. The van der Waals surface area contributed by atoms with Gasteiger partial charge in [-0.1, -0.05) is 25.1 Å². The minimum absolute atomic E-state index is 0.545. The first-order valence-electron chi connectivity index (χ1n) is 6.34. The van der Waals surface area contributed by atoms with E-state index in [1.807, 2.05) is 36.4 Å². The van der Waals surface area contributed by atoms with Gasteiger partial charge >= 0.3 is 0 Å². The summed E-state index contributed by atoms with van der Waals surface area (Å²) in [5.41, 5.74) is 1.10.